The zero-order valence-corrected chi connectivity index (χ0v) is 31.8. The fourth-order valence-corrected chi connectivity index (χ4v) is 3.10. The Morgan fingerprint density at radius 3 is 1.28 bits per heavy atom. The van der Waals surface area contributed by atoms with E-state index in [-0.39, 0.29) is 104 Å². The van der Waals surface area contributed by atoms with E-state index in [0.717, 1.165) is 38.5 Å². The molecule has 0 amide bonds. The molecule has 36 heavy (non-hydrogen) atoms. The number of ketones is 2. The van der Waals surface area contributed by atoms with E-state index in [1.165, 1.54) is 0 Å². The number of carbonyl (C=O) groups is 2. The van der Waals surface area contributed by atoms with Gasteiger partial charge in [0.05, 0.1) is 0 Å². The van der Waals surface area contributed by atoms with Crippen molar-refractivity contribution in [3.8, 4) is 0 Å². The normalized spacial score (nSPS) is 13.6. The van der Waals surface area contributed by atoms with Crippen molar-refractivity contribution in [2.24, 2.45) is 34.0 Å². The van der Waals surface area contributed by atoms with Gasteiger partial charge in [0, 0.05) is 44.9 Å². The smallest absolute Gasteiger partial charge is 0.541 e. The second kappa shape index (κ2) is 26.7. The van der Waals surface area contributed by atoms with Gasteiger partial charge in [-0.2, -0.15) is 0 Å². The molecule has 0 bridgehead atoms. The standard InChI is InChI=1S/2C10H20O.C9H17O.CH3.HI.Li.Y/c2*1-6-7-8(2)10(4,5)9(3)11;1-5-6-8(2)9(3,4)7-10;;;;/h2*8H,6-7H2,1-5H3;8H,5-6H2,1-4H3;1H3;1H;;/q;;2*-1;;+1;/i3T;;;1T;;;. The van der Waals surface area contributed by atoms with Crippen LogP contribution in [0.25, 0.3) is 0 Å². The number of hydrogen-bond donors (Lipinski definition) is 0. The summed E-state index contributed by atoms with van der Waals surface area (Å²) in [5.41, 5.74) is -0.691. The van der Waals surface area contributed by atoms with Crippen LogP contribution >= 0.6 is 24.0 Å². The van der Waals surface area contributed by atoms with Crippen molar-refractivity contribution in [2.75, 3.05) is 0 Å². The average molecular weight is 697 g/mol. The molecule has 0 aliphatic rings. The molecule has 0 aromatic heterocycles. The molecular weight excluding hydrogens is 631 g/mol. The Kier molecular flexibility index (Phi) is 35.0. The van der Waals surface area contributed by atoms with Crippen molar-refractivity contribution in [1.29, 1.82) is 0 Å². The van der Waals surface area contributed by atoms with E-state index in [1.54, 1.807) is 6.92 Å². The van der Waals surface area contributed by atoms with Gasteiger partial charge in [0.15, 0.2) is 0 Å². The van der Waals surface area contributed by atoms with Crippen molar-refractivity contribution >= 4 is 41.8 Å². The van der Waals surface area contributed by atoms with Gasteiger partial charge >= 0.3 is 18.9 Å². The summed E-state index contributed by atoms with van der Waals surface area (Å²) in [4.78, 5) is 33.0. The third kappa shape index (κ3) is 22.3. The molecule has 0 aromatic rings. The molecule has 0 rings (SSSR count). The first-order chi connectivity index (χ1) is 15.9. The van der Waals surface area contributed by atoms with Gasteiger partial charge in [-0.1, -0.05) is 128 Å². The number of halogens is 1. The molecule has 3 nitrogen and oxygen atoms in total. The Bertz CT molecular complexity index is 574. The summed E-state index contributed by atoms with van der Waals surface area (Å²) in [6.07, 6.45) is 8.82. The van der Waals surface area contributed by atoms with E-state index < -0.39 is 0 Å². The molecule has 0 heterocycles. The summed E-state index contributed by atoms with van der Waals surface area (Å²) in [6, 6.07) is 0. The maximum Gasteiger partial charge on any atom is 1.00 e. The number of rotatable bonds is 12. The largest absolute Gasteiger partial charge is 1.00 e. The van der Waals surface area contributed by atoms with Crippen LogP contribution in [-0.4, -0.2) is 17.9 Å². The van der Waals surface area contributed by atoms with E-state index in [1.807, 2.05) is 41.5 Å². The quantitative estimate of drug-likeness (QED) is 0.130. The van der Waals surface area contributed by atoms with Gasteiger partial charge in [0.2, 0.25) is 0 Å². The van der Waals surface area contributed by atoms with Gasteiger partial charge in [-0.05, 0) is 25.7 Å². The summed E-state index contributed by atoms with van der Waals surface area (Å²) in [6.45, 7) is 26.2. The van der Waals surface area contributed by atoms with Gasteiger partial charge in [0.25, 0.3) is 0 Å². The van der Waals surface area contributed by atoms with Gasteiger partial charge in [-0.15, -0.1) is 29.4 Å². The van der Waals surface area contributed by atoms with Gasteiger partial charge in [-0.3, -0.25) is 15.9 Å². The topological polar surface area (TPSA) is 51.2 Å². The molecule has 211 valence electrons. The summed E-state index contributed by atoms with van der Waals surface area (Å²) in [5.74, 6) is 1.71. The SMILES string of the molecule is CCCC(C)C(C)(C)C(C)=O.CCCC(C)C(C)(C)[C-]=O.I.[3H]CC(=O)C(C)(C)C(C)CCC.[3H][CH2-].[Li+].[Y]. The van der Waals surface area contributed by atoms with Gasteiger partial charge in [0.1, 0.15) is 11.6 Å². The minimum absolute atomic E-state index is 0. The zero-order chi connectivity index (χ0) is 29.0. The molecule has 0 fully saturated rings. The fourth-order valence-electron chi connectivity index (χ4n) is 3.10. The van der Waals surface area contributed by atoms with Crippen LogP contribution in [0.15, 0.2) is 0 Å². The molecule has 1 radical (unpaired) electrons. The first-order valence-corrected chi connectivity index (χ1v) is 12.7. The van der Waals surface area contributed by atoms with E-state index in [0.29, 0.717) is 23.5 Å². The van der Waals surface area contributed by atoms with E-state index >= 15 is 0 Å². The van der Waals surface area contributed by atoms with Crippen LogP contribution in [0, 0.1) is 41.4 Å². The summed E-state index contributed by atoms with van der Waals surface area (Å²) in [7, 11) is 2.50. The number of Topliss-reactive ketones (excluding diaryl/α,β-unsaturated/α-hetero) is 2. The van der Waals surface area contributed by atoms with Gasteiger partial charge in [-0.25, -0.2) is 1.37 Å². The van der Waals surface area contributed by atoms with Crippen molar-refractivity contribution in [3.05, 3.63) is 7.40 Å². The number of carbonyl (C=O) groups excluding carboxylic acids is 3. The van der Waals surface area contributed by atoms with Crippen LogP contribution in [0.3, 0.4) is 0 Å². The molecular formula is C30H61ILiO3Y-. The molecule has 6 heteroatoms. The second-order valence-electron chi connectivity index (χ2n) is 11.3. The molecule has 0 aliphatic heterocycles. The van der Waals surface area contributed by atoms with Crippen LogP contribution < -0.4 is 18.9 Å². The van der Waals surface area contributed by atoms with E-state index in [2.05, 4.69) is 55.2 Å². The molecule has 0 spiro atoms. The maximum absolute atomic E-state index is 11.4. The van der Waals surface area contributed by atoms with Crippen molar-refractivity contribution < 1.29 is 68.7 Å². The molecule has 0 N–H and O–H groups in total. The monoisotopic (exact) mass is 696 g/mol. The Labute approximate surface area is 284 Å². The second-order valence-corrected chi connectivity index (χ2v) is 11.3. The van der Waals surface area contributed by atoms with Gasteiger partial charge < -0.3 is 12.2 Å². The average Bonchev–Trinajstić information content (AvgIpc) is 2.80. The molecule has 0 aromatic carbocycles. The summed E-state index contributed by atoms with van der Waals surface area (Å²) < 4.78 is 12.5. The first kappa shape index (κ1) is 47.2. The predicted molar refractivity (Wildman–Crippen MR) is 162 cm³/mol. The first-order valence-electron chi connectivity index (χ1n) is 14.1. The molecule has 3 atom stereocenters. The third-order valence-electron chi connectivity index (χ3n) is 7.75. The maximum atomic E-state index is 11.4. The van der Waals surface area contributed by atoms with Crippen LogP contribution in [0.4, 0.5) is 0 Å². The van der Waals surface area contributed by atoms with Crippen LogP contribution in [0.5, 0.6) is 0 Å². The summed E-state index contributed by atoms with van der Waals surface area (Å²) in [5, 5.41) is 0. The Morgan fingerprint density at radius 2 is 1.06 bits per heavy atom. The van der Waals surface area contributed by atoms with E-state index in [4.69, 9.17) is 2.74 Å². The van der Waals surface area contributed by atoms with E-state index in [9.17, 15) is 14.4 Å². The van der Waals surface area contributed by atoms with Crippen LogP contribution in [0.1, 0.15) is 138 Å². The minimum Gasteiger partial charge on any atom is -0.541 e. The Balaban J connectivity index is -0.0000000708. The van der Waals surface area contributed by atoms with Crippen LogP contribution in [0.2, 0.25) is 0 Å². The minimum atomic E-state index is -0.308. The predicted octanol–water partition coefficient (Wildman–Crippen LogP) is 6.70. The fraction of sp³-hybridized carbons (Fsp3) is 0.867. The van der Waals surface area contributed by atoms with Crippen LogP contribution in [-0.2, 0) is 47.1 Å². The Hall–Kier alpha value is 1.44. The third-order valence-corrected chi connectivity index (χ3v) is 7.75. The molecule has 0 saturated heterocycles. The van der Waals surface area contributed by atoms with Crippen molar-refractivity contribution in [1.82, 2.24) is 0 Å². The summed E-state index contributed by atoms with van der Waals surface area (Å²) >= 11 is 0. The molecule has 0 aliphatic carbocycles. The molecule has 3 unspecified atom stereocenters. The van der Waals surface area contributed by atoms with Crippen molar-refractivity contribution in [2.45, 2.75) is 135 Å². The Morgan fingerprint density at radius 1 is 0.778 bits per heavy atom. The molecule has 0 saturated carbocycles. The number of hydrogen-bond acceptors (Lipinski definition) is 3. The van der Waals surface area contributed by atoms with Crippen molar-refractivity contribution in [3.63, 3.8) is 0 Å². The zero-order valence-electron chi connectivity index (χ0n) is 28.6.